The van der Waals surface area contributed by atoms with Crippen molar-refractivity contribution in [2.75, 3.05) is 13.7 Å². The van der Waals surface area contributed by atoms with Crippen LogP contribution in [0, 0.1) is 0 Å². The maximum Gasteiger partial charge on any atom is 0.262 e. The number of ether oxygens (including phenoxy) is 1. The van der Waals surface area contributed by atoms with Crippen molar-refractivity contribution in [3.8, 4) is 0 Å². The largest absolute Gasteiger partial charge is 0.421 e. The Bertz CT molecular complexity index is 753. The van der Waals surface area contributed by atoms with Crippen LogP contribution in [-0.2, 0) is 28.4 Å². The number of rotatable bonds is 5. The van der Waals surface area contributed by atoms with Crippen LogP contribution in [-0.4, -0.2) is 46.1 Å². The first kappa shape index (κ1) is 15.1. The Labute approximate surface area is 128 Å². The summed E-state index contributed by atoms with van der Waals surface area (Å²) in [6.45, 7) is 0.609. The van der Waals surface area contributed by atoms with Gasteiger partial charge in [-0.3, -0.25) is 0 Å². The summed E-state index contributed by atoms with van der Waals surface area (Å²) in [6, 6.07) is -0.454. The fraction of sp³-hybridized carbons (Fsp3) is 0.583. The molecule has 0 spiro atoms. The van der Waals surface area contributed by atoms with Crippen LogP contribution in [0.25, 0.3) is 0 Å². The van der Waals surface area contributed by atoms with Gasteiger partial charge in [0.05, 0.1) is 6.33 Å². The second-order valence-electron chi connectivity index (χ2n) is 5.12. The van der Waals surface area contributed by atoms with Crippen molar-refractivity contribution < 1.29 is 17.6 Å². The minimum absolute atomic E-state index is 0.0264. The van der Waals surface area contributed by atoms with Crippen LogP contribution >= 0.6 is 0 Å². The summed E-state index contributed by atoms with van der Waals surface area (Å²) in [7, 11) is -0.426. The standard InChI is InChI=1S/C12H17N5O4S/c1-16-6-11(13-8-16)22(18,19)17-5-3-4-9(17)12-15-14-10(21-12)7-20-2/h6,8-9H,3-5,7H2,1-2H3. The van der Waals surface area contributed by atoms with Crippen molar-refractivity contribution in [1.82, 2.24) is 24.1 Å². The van der Waals surface area contributed by atoms with E-state index >= 15 is 0 Å². The molecule has 3 heterocycles. The molecule has 10 heteroatoms. The third kappa shape index (κ3) is 2.64. The Hall–Kier alpha value is -1.78. The number of aryl methyl sites for hydroxylation is 1. The van der Waals surface area contributed by atoms with Crippen LogP contribution in [0.1, 0.15) is 30.7 Å². The van der Waals surface area contributed by atoms with E-state index in [9.17, 15) is 8.42 Å². The Kier molecular flexibility index (Phi) is 3.98. The molecule has 2 aromatic heterocycles. The van der Waals surface area contributed by atoms with E-state index in [1.807, 2.05) is 0 Å². The number of methoxy groups -OCH3 is 1. The third-order valence-corrected chi connectivity index (χ3v) is 5.29. The van der Waals surface area contributed by atoms with Gasteiger partial charge in [-0.2, -0.15) is 4.31 Å². The fourth-order valence-electron chi connectivity index (χ4n) is 2.50. The summed E-state index contributed by atoms with van der Waals surface area (Å²) in [5, 5.41) is 7.84. The molecule has 1 unspecified atom stereocenters. The summed E-state index contributed by atoms with van der Waals surface area (Å²) < 4.78 is 38.8. The van der Waals surface area contributed by atoms with Crippen molar-refractivity contribution in [3.63, 3.8) is 0 Å². The van der Waals surface area contributed by atoms with E-state index in [1.165, 1.54) is 23.9 Å². The van der Waals surface area contributed by atoms with Gasteiger partial charge in [0, 0.05) is 26.9 Å². The van der Waals surface area contributed by atoms with E-state index in [0.29, 0.717) is 24.7 Å². The summed E-state index contributed by atoms with van der Waals surface area (Å²) in [5.74, 6) is 0.628. The molecule has 0 radical (unpaired) electrons. The molecule has 0 amide bonds. The molecule has 1 atom stereocenters. The van der Waals surface area contributed by atoms with E-state index in [-0.39, 0.29) is 11.6 Å². The Balaban J connectivity index is 1.89. The average molecular weight is 327 g/mol. The number of nitrogens with zero attached hydrogens (tertiary/aromatic N) is 5. The van der Waals surface area contributed by atoms with Gasteiger partial charge in [-0.15, -0.1) is 10.2 Å². The van der Waals surface area contributed by atoms with E-state index in [4.69, 9.17) is 9.15 Å². The van der Waals surface area contributed by atoms with E-state index < -0.39 is 16.1 Å². The SMILES string of the molecule is COCc1nnc(C2CCCN2S(=O)(=O)c2cn(C)cn2)o1. The first-order valence-electron chi connectivity index (χ1n) is 6.83. The number of hydrogen-bond acceptors (Lipinski definition) is 7. The molecule has 0 aliphatic carbocycles. The average Bonchev–Trinajstić information content (AvgIpc) is 3.17. The van der Waals surface area contributed by atoms with Crippen molar-refractivity contribution >= 4 is 10.0 Å². The molecule has 1 aliphatic heterocycles. The van der Waals surface area contributed by atoms with Gasteiger partial charge >= 0.3 is 0 Å². The molecule has 0 bridgehead atoms. The smallest absolute Gasteiger partial charge is 0.262 e. The minimum atomic E-state index is -3.68. The number of imidazole rings is 1. The monoisotopic (exact) mass is 327 g/mol. The minimum Gasteiger partial charge on any atom is -0.421 e. The maximum atomic E-state index is 12.7. The van der Waals surface area contributed by atoms with Crippen LogP contribution in [0.15, 0.2) is 22.0 Å². The van der Waals surface area contributed by atoms with Gasteiger partial charge in [-0.1, -0.05) is 0 Å². The van der Waals surface area contributed by atoms with Gasteiger partial charge in [-0.05, 0) is 12.8 Å². The maximum absolute atomic E-state index is 12.7. The Morgan fingerprint density at radius 2 is 2.27 bits per heavy atom. The first-order valence-corrected chi connectivity index (χ1v) is 8.27. The van der Waals surface area contributed by atoms with E-state index in [2.05, 4.69) is 15.2 Å². The van der Waals surface area contributed by atoms with E-state index in [1.54, 1.807) is 11.6 Å². The van der Waals surface area contributed by atoms with Gasteiger partial charge < -0.3 is 13.7 Å². The van der Waals surface area contributed by atoms with Gasteiger partial charge in [0.15, 0.2) is 5.03 Å². The lowest BCUT2D eigenvalue weighted by Gasteiger charge is -2.20. The van der Waals surface area contributed by atoms with Crippen molar-refractivity contribution in [2.45, 2.75) is 30.5 Å². The van der Waals surface area contributed by atoms with Crippen LogP contribution in [0.4, 0.5) is 0 Å². The summed E-state index contributed by atoms with van der Waals surface area (Å²) in [6.07, 6.45) is 4.32. The fourth-order valence-corrected chi connectivity index (χ4v) is 4.12. The van der Waals surface area contributed by atoms with E-state index in [0.717, 1.165) is 6.42 Å². The molecule has 1 aliphatic rings. The second kappa shape index (κ2) is 5.78. The molecule has 9 nitrogen and oxygen atoms in total. The topological polar surface area (TPSA) is 103 Å². The predicted molar refractivity (Wildman–Crippen MR) is 74.1 cm³/mol. The lowest BCUT2D eigenvalue weighted by molar-refractivity contribution is 0.155. The molecule has 0 aromatic carbocycles. The van der Waals surface area contributed by atoms with Crippen molar-refractivity contribution in [2.24, 2.45) is 7.05 Å². The number of aromatic nitrogens is 4. The molecular formula is C12H17N5O4S. The highest BCUT2D eigenvalue weighted by molar-refractivity contribution is 7.89. The van der Waals surface area contributed by atoms with Crippen LogP contribution in [0.5, 0.6) is 0 Å². The van der Waals surface area contributed by atoms with Gasteiger partial charge in [-0.25, -0.2) is 13.4 Å². The molecular weight excluding hydrogens is 310 g/mol. The van der Waals surface area contributed by atoms with Crippen LogP contribution in [0.3, 0.4) is 0 Å². The number of hydrogen-bond donors (Lipinski definition) is 0. The predicted octanol–water partition coefficient (Wildman–Crippen LogP) is 0.475. The summed E-state index contributed by atoms with van der Waals surface area (Å²) in [5.41, 5.74) is 0. The highest BCUT2D eigenvalue weighted by atomic mass is 32.2. The quantitative estimate of drug-likeness (QED) is 0.786. The summed E-state index contributed by atoms with van der Waals surface area (Å²) in [4.78, 5) is 3.94. The van der Waals surface area contributed by atoms with Gasteiger partial charge in [0.25, 0.3) is 10.0 Å². The Morgan fingerprint density at radius 1 is 1.45 bits per heavy atom. The van der Waals surface area contributed by atoms with Crippen molar-refractivity contribution in [1.29, 1.82) is 0 Å². The zero-order valence-electron chi connectivity index (χ0n) is 12.3. The molecule has 0 saturated carbocycles. The second-order valence-corrected chi connectivity index (χ2v) is 6.96. The van der Waals surface area contributed by atoms with Crippen LogP contribution < -0.4 is 0 Å². The molecule has 1 fully saturated rings. The third-order valence-electron chi connectivity index (χ3n) is 3.49. The summed E-state index contributed by atoms with van der Waals surface area (Å²) >= 11 is 0. The molecule has 0 N–H and O–H groups in total. The molecule has 1 saturated heterocycles. The number of sulfonamides is 1. The molecule has 2 aromatic rings. The zero-order chi connectivity index (χ0) is 15.7. The highest BCUT2D eigenvalue weighted by Crippen LogP contribution is 2.35. The van der Waals surface area contributed by atoms with Crippen molar-refractivity contribution in [3.05, 3.63) is 24.3 Å². The van der Waals surface area contributed by atoms with Gasteiger partial charge in [0.2, 0.25) is 11.8 Å². The van der Waals surface area contributed by atoms with Gasteiger partial charge in [0.1, 0.15) is 12.6 Å². The highest BCUT2D eigenvalue weighted by Gasteiger charge is 2.40. The molecule has 22 heavy (non-hydrogen) atoms. The first-order chi connectivity index (χ1) is 10.5. The lowest BCUT2D eigenvalue weighted by Crippen LogP contribution is -2.31. The Morgan fingerprint density at radius 3 is 2.95 bits per heavy atom. The molecule has 3 rings (SSSR count). The lowest BCUT2D eigenvalue weighted by atomic mass is 10.2. The normalized spacial score (nSPS) is 19.8. The van der Waals surface area contributed by atoms with Crippen LogP contribution in [0.2, 0.25) is 0 Å². The zero-order valence-corrected chi connectivity index (χ0v) is 13.2. The molecule has 120 valence electrons.